The van der Waals surface area contributed by atoms with Gasteiger partial charge in [-0.3, -0.25) is 9.69 Å². The Balaban J connectivity index is 2.17. The number of benzene rings is 2. The van der Waals surface area contributed by atoms with Crippen LogP contribution in [0.5, 0.6) is 0 Å². The Morgan fingerprint density at radius 1 is 1.11 bits per heavy atom. The highest BCUT2D eigenvalue weighted by Crippen LogP contribution is 2.42. The van der Waals surface area contributed by atoms with Crippen LogP contribution < -0.4 is 4.90 Å². The molecule has 0 aliphatic rings. The minimum Gasteiger partial charge on any atom is -0.359 e. The summed E-state index contributed by atoms with van der Waals surface area (Å²) in [7, 11) is 0. The minimum absolute atomic E-state index is 0.401. The second-order valence-corrected chi connectivity index (χ2v) is 7.52. The molecule has 0 saturated carbocycles. The third-order valence-electron chi connectivity index (χ3n) is 4.53. The third kappa shape index (κ3) is 3.60. The second-order valence-electron chi connectivity index (χ2n) is 6.70. The van der Waals surface area contributed by atoms with Crippen molar-refractivity contribution in [1.29, 1.82) is 0 Å². The van der Waals surface area contributed by atoms with Crippen LogP contribution in [0.3, 0.4) is 0 Å². The summed E-state index contributed by atoms with van der Waals surface area (Å²) in [5.41, 5.74) is 4.57. The maximum atomic E-state index is 12.0. The lowest BCUT2D eigenvalue weighted by atomic mass is 9.97. The van der Waals surface area contributed by atoms with E-state index in [1.54, 1.807) is 25.1 Å². The van der Waals surface area contributed by atoms with Gasteiger partial charge in [0, 0.05) is 11.3 Å². The standard InChI is InChI=1S/C21H20Cl2N2O2/c1-12(2)16-9-8-15(10-13(16)3)25(11-26)21-14(4)27-24-20(21)19-17(22)6-5-7-18(19)23/h5-12H,1-4H3. The number of aryl methyl sites for hydroxylation is 2. The number of nitrogens with zero attached hydrogens (tertiary/aromatic N) is 2. The molecule has 0 bridgehead atoms. The van der Waals surface area contributed by atoms with E-state index in [0.717, 1.165) is 17.7 Å². The fourth-order valence-electron chi connectivity index (χ4n) is 3.24. The number of rotatable bonds is 5. The molecule has 0 spiro atoms. The summed E-state index contributed by atoms with van der Waals surface area (Å²) >= 11 is 12.7. The van der Waals surface area contributed by atoms with Crippen LogP contribution in [0.4, 0.5) is 11.4 Å². The zero-order valence-electron chi connectivity index (χ0n) is 15.6. The van der Waals surface area contributed by atoms with Crippen molar-refractivity contribution in [2.24, 2.45) is 0 Å². The van der Waals surface area contributed by atoms with Crippen molar-refractivity contribution in [2.45, 2.75) is 33.6 Å². The van der Waals surface area contributed by atoms with Gasteiger partial charge in [0.25, 0.3) is 0 Å². The van der Waals surface area contributed by atoms with Gasteiger partial charge in [0.1, 0.15) is 11.4 Å². The van der Waals surface area contributed by atoms with Gasteiger partial charge in [-0.05, 0) is 55.2 Å². The Morgan fingerprint density at radius 2 is 1.78 bits per heavy atom. The minimum atomic E-state index is 0.401. The molecule has 0 atom stereocenters. The van der Waals surface area contributed by atoms with Gasteiger partial charge in [-0.25, -0.2) is 0 Å². The Morgan fingerprint density at radius 3 is 2.33 bits per heavy atom. The van der Waals surface area contributed by atoms with Gasteiger partial charge in [0.05, 0.1) is 10.0 Å². The van der Waals surface area contributed by atoms with E-state index in [-0.39, 0.29) is 0 Å². The second kappa shape index (κ2) is 7.75. The molecule has 3 aromatic rings. The van der Waals surface area contributed by atoms with Crippen LogP contribution in [0.25, 0.3) is 11.3 Å². The van der Waals surface area contributed by atoms with E-state index in [2.05, 4.69) is 19.0 Å². The van der Waals surface area contributed by atoms with E-state index in [1.165, 1.54) is 10.5 Å². The van der Waals surface area contributed by atoms with Gasteiger partial charge in [-0.2, -0.15) is 0 Å². The van der Waals surface area contributed by atoms with Gasteiger partial charge in [-0.15, -0.1) is 0 Å². The molecule has 0 saturated heterocycles. The maximum Gasteiger partial charge on any atom is 0.218 e. The Kier molecular flexibility index (Phi) is 5.59. The first-order valence-corrected chi connectivity index (χ1v) is 9.36. The van der Waals surface area contributed by atoms with E-state index in [9.17, 15) is 4.79 Å². The van der Waals surface area contributed by atoms with E-state index >= 15 is 0 Å². The molecule has 1 heterocycles. The molecule has 1 amide bonds. The average Bonchev–Trinajstić information content (AvgIpc) is 2.97. The van der Waals surface area contributed by atoms with Crippen molar-refractivity contribution < 1.29 is 9.32 Å². The van der Waals surface area contributed by atoms with Crippen molar-refractivity contribution in [3.8, 4) is 11.3 Å². The zero-order valence-corrected chi connectivity index (χ0v) is 17.1. The Labute approximate surface area is 168 Å². The van der Waals surface area contributed by atoms with Gasteiger partial charge in [-0.1, -0.05) is 54.3 Å². The van der Waals surface area contributed by atoms with Crippen molar-refractivity contribution >= 4 is 41.0 Å². The van der Waals surface area contributed by atoms with Crippen LogP contribution in [-0.4, -0.2) is 11.6 Å². The highest BCUT2D eigenvalue weighted by atomic mass is 35.5. The highest BCUT2D eigenvalue weighted by molar-refractivity contribution is 6.39. The molecule has 1 aromatic heterocycles. The SMILES string of the molecule is Cc1cc(N(C=O)c2c(-c3c(Cl)cccc3Cl)noc2C)ccc1C(C)C. The molecule has 0 unspecified atom stereocenters. The van der Waals surface area contributed by atoms with Crippen LogP contribution in [0.2, 0.25) is 10.0 Å². The lowest BCUT2D eigenvalue weighted by Gasteiger charge is -2.20. The van der Waals surface area contributed by atoms with Crippen molar-refractivity contribution in [2.75, 3.05) is 4.90 Å². The number of anilines is 2. The zero-order chi connectivity index (χ0) is 19.7. The fraction of sp³-hybridized carbons (Fsp3) is 0.238. The predicted molar refractivity (Wildman–Crippen MR) is 110 cm³/mol. The van der Waals surface area contributed by atoms with E-state index in [1.807, 2.05) is 25.1 Å². The lowest BCUT2D eigenvalue weighted by Crippen LogP contribution is -2.16. The summed E-state index contributed by atoms with van der Waals surface area (Å²) in [5.74, 6) is 0.900. The highest BCUT2D eigenvalue weighted by Gasteiger charge is 2.25. The molecule has 0 N–H and O–H groups in total. The molecule has 6 heteroatoms. The van der Waals surface area contributed by atoms with Crippen molar-refractivity contribution in [3.05, 3.63) is 63.3 Å². The van der Waals surface area contributed by atoms with E-state index in [4.69, 9.17) is 27.7 Å². The maximum absolute atomic E-state index is 12.0. The number of hydrogen-bond donors (Lipinski definition) is 0. The van der Waals surface area contributed by atoms with Crippen LogP contribution in [0.1, 0.15) is 36.7 Å². The smallest absolute Gasteiger partial charge is 0.218 e. The van der Waals surface area contributed by atoms with Crippen molar-refractivity contribution in [3.63, 3.8) is 0 Å². The molecular formula is C21H20Cl2N2O2. The molecule has 2 aromatic carbocycles. The van der Waals surface area contributed by atoms with Crippen LogP contribution in [-0.2, 0) is 4.79 Å². The number of carbonyl (C=O) groups is 1. The Hall–Kier alpha value is -2.30. The molecule has 0 aliphatic carbocycles. The largest absolute Gasteiger partial charge is 0.359 e. The normalized spacial score (nSPS) is 11.1. The van der Waals surface area contributed by atoms with Crippen LogP contribution in [0.15, 0.2) is 40.9 Å². The summed E-state index contributed by atoms with van der Waals surface area (Å²) in [6.45, 7) is 8.07. The molecule has 27 heavy (non-hydrogen) atoms. The van der Waals surface area contributed by atoms with Gasteiger partial charge >= 0.3 is 0 Å². The molecule has 0 aliphatic heterocycles. The molecule has 4 nitrogen and oxygen atoms in total. The predicted octanol–water partition coefficient (Wildman–Crippen LogP) is 6.68. The fourth-order valence-corrected chi connectivity index (χ4v) is 3.82. The lowest BCUT2D eigenvalue weighted by molar-refractivity contribution is -0.106. The average molecular weight is 403 g/mol. The number of carbonyl (C=O) groups excluding carboxylic acids is 1. The van der Waals surface area contributed by atoms with Crippen LogP contribution in [0, 0.1) is 13.8 Å². The summed E-state index contributed by atoms with van der Waals surface area (Å²) in [4.78, 5) is 13.5. The summed E-state index contributed by atoms with van der Waals surface area (Å²) in [5, 5.41) is 5.00. The van der Waals surface area contributed by atoms with E-state index < -0.39 is 0 Å². The number of aromatic nitrogens is 1. The summed E-state index contributed by atoms with van der Waals surface area (Å²) in [6.07, 6.45) is 0.748. The quantitative estimate of drug-likeness (QED) is 0.446. The monoisotopic (exact) mass is 402 g/mol. The van der Waals surface area contributed by atoms with E-state index in [0.29, 0.717) is 38.7 Å². The topological polar surface area (TPSA) is 46.3 Å². The van der Waals surface area contributed by atoms with Crippen molar-refractivity contribution in [1.82, 2.24) is 5.16 Å². The molecule has 140 valence electrons. The van der Waals surface area contributed by atoms with Gasteiger partial charge in [0.15, 0.2) is 5.76 Å². The molecule has 0 fully saturated rings. The number of amides is 1. The van der Waals surface area contributed by atoms with Gasteiger partial charge in [0.2, 0.25) is 6.41 Å². The number of hydrogen-bond acceptors (Lipinski definition) is 3. The van der Waals surface area contributed by atoms with Gasteiger partial charge < -0.3 is 4.52 Å². The Bertz CT molecular complexity index is 976. The summed E-state index contributed by atoms with van der Waals surface area (Å²) < 4.78 is 5.39. The summed E-state index contributed by atoms with van der Waals surface area (Å²) in [6, 6.07) is 11.1. The van der Waals surface area contributed by atoms with Crippen LogP contribution >= 0.6 is 23.2 Å². The first kappa shape index (κ1) is 19.5. The number of halogens is 2. The first-order valence-electron chi connectivity index (χ1n) is 8.60. The first-order chi connectivity index (χ1) is 12.8. The molecule has 3 rings (SSSR count). The third-order valence-corrected chi connectivity index (χ3v) is 5.16. The molecule has 0 radical (unpaired) electrons. The molecular weight excluding hydrogens is 383 g/mol.